The SMILES string of the molecule is C=CCNS(=O)(=O)c1ccc(C(=O)OCc2nc(N)c3c4c(sc3n2)CCCCC4)cc1. The minimum Gasteiger partial charge on any atom is -0.454 e. The highest BCUT2D eigenvalue weighted by Gasteiger charge is 2.20. The van der Waals surface area contributed by atoms with Gasteiger partial charge in [0.25, 0.3) is 0 Å². The van der Waals surface area contributed by atoms with Crippen molar-refractivity contribution in [1.29, 1.82) is 0 Å². The van der Waals surface area contributed by atoms with Crippen LogP contribution in [-0.2, 0) is 34.2 Å². The number of nitrogens with two attached hydrogens (primary N) is 1. The van der Waals surface area contributed by atoms with E-state index in [-0.39, 0.29) is 23.6 Å². The molecule has 0 aliphatic heterocycles. The standard InChI is InChI=1S/C22H24N4O4S2/c1-2-12-24-32(28,29)15-10-8-14(9-11-15)22(27)30-13-18-25-20(23)19-16-6-4-3-5-7-17(16)31-21(19)26-18/h2,8-11,24H,1,3-7,12-13H2,(H2,23,25,26). The van der Waals surface area contributed by atoms with E-state index >= 15 is 0 Å². The summed E-state index contributed by atoms with van der Waals surface area (Å²) >= 11 is 1.64. The highest BCUT2D eigenvalue weighted by Crippen LogP contribution is 2.37. The van der Waals surface area contributed by atoms with Gasteiger partial charge < -0.3 is 10.5 Å². The third-order valence-corrected chi connectivity index (χ3v) is 7.91. The Balaban J connectivity index is 1.46. The number of hydrogen-bond acceptors (Lipinski definition) is 8. The van der Waals surface area contributed by atoms with Crippen LogP contribution in [0, 0.1) is 0 Å². The zero-order valence-electron chi connectivity index (χ0n) is 17.5. The third-order valence-electron chi connectivity index (χ3n) is 5.29. The van der Waals surface area contributed by atoms with E-state index in [0.29, 0.717) is 11.6 Å². The van der Waals surface area contributed by atoms with Gasteiger partial charge in [-0.15, -0.1) is 17.9 Å². The fourth-order valence-corrected chi connectivity index (χ4v) is 5.99. The maximum absolute atomic E-state index is 12.4. The average molecular weight is 473 g/mol. The van der Waals surface area contributed by atoms with Crippen LogP contribution in [0.5, 0.6) is 0 Å². The predicted molar refractivity (Wildman–Crippen MR) is 124 cm³/mol. The summed E-state index contributed by atoms with van der Waals surface area (Å²) in [4.78, 5) is 23.5. The molecule has 2 heterocycles. The molecule has 0 saturated heterocycles. The normalized spacial score (nSPS) is 14.0. The second kappa shape index (κ2) is 9.35. The van der Waals surface area contributed by atoms with Gasteiger partial charge in [-0.05, 0) is 55.5 Å². The fourth-order valence-electron chi connectivity index (χ4n) is 3.71. The van der Waals surface area contributed by atoms with Crippen molar-refractivity contribution in [1.82, 2.24) is 14.7 Å². The van der Waals surface area contributed by atoms with Gasteiger partial charge in [0.15, 0.2) is 12.4 Å². The zero-order valence-corrected chi connectivity index (χ0v) is 19.1. The van der Waals surface area contributed by atoms with Crippen LogP contribution in [0.4, 0.5) is 5.82 Å². The molecule has 0 atom stereocenters. The number of nitrogens with one attached hydrogen (secondary N) is 1. The molecule has 1 aliphatic rings. The molecule has 32 heavy (non-hydrogen) atoms. The van der Waals surface area contributed by atoms with Crippen LogP contribution < -0.4 is 10.5 Å². The molecule has 3 N–H and O–H groups in total. The Hall–Kier alpha value is -2.82. The first-order valence-electron chi connectivity index (χ1n) is 10.3. The number of carbonyl (C=O) groups is 1. The molecule has 168 valence electrons. The molecule has 8 nitrogen and oxygen atoms in total. The summed E-state index contributed by atoms with van der Waals surface area (Å²) in [5, 5.41) is 0.934. The Labute approximate surface area is 190 Å². The Bertz CT molecular complexity index is 1270. The lowest BCUT2D eigenvalue weighted by Gasteiger charge is -2.08. The Morgan fingerprint density at radius 3 is 2.69 bits per heavy atom. The topological polar surface area (TPSA) is 124 Å². The van der Waals surface area contributed by atoms with Crippen LogP contribution in [-0.4, -0.2) is 30.9 Å². The number of benzene rings is 1. The number of anilines is 1. The van der Waals surface area contributed by atoms with Gasteiger partial charge in [-0.3, -0.25) is 0 Å². The molecule has 0 fully saturated rings. The number of aryl methyl sites for hydroxylation is 2. The molecule has 0 saturated carbocycles. The van der Waals surface area contributed by atoms with Crippen molar-refractivity contribution in [2.24, 2.45) is 0 Å². The van der Waals surface area contributed by atoms with Crippen molar-refractivity contribution in [3.8, 4) is 0 Å². The predicted octanol–water partition coefficient (Wildman–Crippen LogP) is 3.36. The molecule has 0 amide bonds. The summed E-state index contributed by atoms with van der Waals surface area (Å²) in [6.07, 6.45) is 7.00. The van der Waals surface area contributed by atoms with Crippen LogP contribution >= 0.6 is 11.3 Å². The zero-order chi connectivity index (χ0) is 22.7. The number of nitrogens with zero attached hydrogens (tertiary/aromatic N) is 2. The molecule has 0 bridgehead atoms. The van der Waals surface area contributed by atoms with Gasteiger partial charge in [-0.2, -0.15) is 0 Å². The summed E-state index contributed by atoms with van der Waals surface area (Å²) in [6.45, 7) is 3.47. The van der Waals surface area contributed by atoms with E-state index in [1.54, 1.807) is 11.3 Å². The molecule has 4 rings (SSSR count). The third kappa shape index (κ3) is 4.67. The average Bonchev–Trinajstić information content (AvgIpc) is 2.98. The van der Waals surface area contributed by atoms with Gasteiger partial charge in [0.05, 0.1) is 15.8 Å². The number of thiophene rings is 1. The van der Waals surface area contributed by atoms with Gasteiger partial charge in [0, 0.05) is 11.4 Å². The minimum absolute atomic E-state index is 0.0509. The van der Waals surface area contributed by atoms with Crippen LogP contribution in [0.15, 0.2) is 41.8 Å². The van der Waals surface area contributed by atoms with Gasteiger partial charge in [0.2, 0.25) is 10.0 Å². The van der Waals surface area contributed by atoms with Crippen LogP contribution in [0.25, 0.3) is 10.2 Å². The van der Waals surface area contributed by atoms with Crippen LogP contribution in [0.2, 0.25) is 0 Å². The molecule has 10 heteroatoms. The van der Waals surface area contributed by atoms with Gasteiger partial charge in [-0.1, -0.05) is 12.5 Å². The molecule has 0 unspecified atom stereocenters. The number of fused-ring (bicyclic) bond motifs is 3. The molecule has 3 aromatic rings. The fraction of sp³-hybridized carbons (Fsp3) is 0.318. The van der Waals surface area contributed by atoms with E-state index < -0.39 is 16.0 Å². The van der Waals surface area contributed by atoms with Gasteiger partial charge in [-0.25, -0.2) is 27.9 Å². The molecule has 1 aliphatic carbocycles. The second-order valence-electron chi connectivity index (χ2n) is 7.51. The number of carbonyl (C=O) groups excluding carboxylic acids is 1. The molecule has 0 spiro atoms. The van der Waals surface area contributed by atoms with Crippen molar-refractivity contribution in [2.45, 2.75) is 43.6 Å². The van der Waals surface area contributed by atoms with Crippen molar-refractivity contribution < 1.29 is 17.9 Å². The summed E-state index contributed by atoms with van der Waals surface area (Å²) in [5.74, 6) is 0.159. The number of aromatic nitrogens is 2. The highest BCUT2D eigenvalue weighted by atomic mass is 32.2. The lowest BCUT2D eigenvalue weighted by atomic mass is 10.1. The smallest absolute Gasteiger partial charge is 0.338 e. The molecular weight excluding hydrogens is 448 g/mol. The maximum Gasteiger partial charge on any atom is 0.338 e. The van der Waals surface area contributed by atoms with E-state index in [2.05, 4.69) is 21.3 Å². The van der Waals surface area contributed by atoms with Crippen molar-refractivity contribution in [3.05, 3.63) is 58.7 Å². The monoisotopic (exact) mass is 472 g/mol. The van der Waals surface area contributed by atoms with E-state index in [1.807, 2.05) is 0 Å². The molecular formula is C22H24N4O4S2. The van der Waals surface area contributed by atoms with Crippen LogP contribution in [0.3, 0.4) is 0 Å². The Morgan fingerprint density at radius 1 is 1.19 bits per heavy atom. The van der Waals surface area contributed by atoms with Crippen molar-refractivity contribution in [3.63, 3.8) is 0 Å². The first kappa shape index (κ1) is 22.4. The van der Waals surface area contributed by atoms with Crippen molar-refractivity contribution >= 4 is 43.4 Å². The van der Waals surface area contributed by atoms with Gasteiger partial charge >= 0.3 is 5.97 Å². The van der Waals surface area contributed by atoms with E-state index in [4.69, 9.17) is 10.5 Å². The summed E-state index contributed by atoms with van der Waals surface area (Å²) in [6, 6.07) is 5.50. The lowest BCUT2D eigenvalue weighted by Crippen LogP contribution is -2.23. The quantitative estimate of drug-likeness (QED) is 0.307. The molecule has 1 aromatic carbocycles. The van der Waals surface area contributed by atoms with Crippen LogP contribution in [0.1, 0.15) is 45.9 Å². The number of nitrogen functional groups attached to an aromatic ring is 1. The van der Waals surface area contributed by atoms with Gasteiger partial charge in [0.1, 0.15) is 10.6 Å². The number of ether oxygens (including phenoxy) is 1. The van der Waals surface area contributed by atoms with Crippen molar-refractivity contribution in [2.75, 3.05) is 12.3 Å². The summed E-state index contributed by atoms with van der Waals surface area (Å²) in [5.41, 5.74) is 7.72. The number of esters is 1. The Morgan fingerprint density at radius 2 is 1.94 bits per heavy atom. The lowest BCUT2D eigenvalue weighted by molar-refractivity contribution is 0.0462. The molecule has 0 radical (unpaired) electrons. The maximum atomic E-state index is 12.4. The first-order chi connectivity index (χ1) is 15.4. The summed E-state index contributed by atoms with van der Waals surface area (Å²) < 4.78 is 31.9. The summed E-state index contributed by atoms with van der Waals surface area (Å²) in [7, 11) is -3.66. The van der Waals surface area contributed by atoms with E-state index in [0.717, 1.165) is 29.5 Å². The van der Waals surface area contributed by atoms with E-state index in [1.165, 1.54) is 53.6 Å². The second-order valence-corrected chi connectivity index (χ2v) is 10.4. The molecule has 2 aromatic heterocycles. The Kier molecular flexibility index (Phi) is 6.54. The largest absolute Gasteiger partial charge is 0.454 e. The highest BCUT2D eigenvalue weighted by molar-refractivity contribution is 7.89. The van der Waals surface area contributed by atoms with E-state index in [9.17, 15) is 13.2 Å². The number of hydrogen-bond donors (Lipinski definition) is 2. The minimum atomic E-state index is -3.66. The number of sulfonamides is 1. The number of rotatable bonds is 7. The first-order valence-corrected chi connectivity index (χ1v) is 12.6.